The van der Waals surface area contributed by atoms with Gasteiger partial charge in [0, 0.05) is 6.54 Å². The zero-order valence-corrected chi connectivity index (χ0v) is 11.2. The molecule has 1 aromatic heterocycles. The number of hydrogen-bond donors (Lipinski definition) is 1. The third-order valence-electron chi connectivity index (χ3n) is 3.36. The van der Waals surface area contributed by atoms with Crippen LogP contribution in [-0.4, -0.2) is 26.5 Å². The fraction of sp³-hybridized carbons (Fsp3) is 0.385. The second kappa shape index (κ2) is 5.57. The van der Waals surface area contributed by atoms with Crippen molar-refractivity contribution in [1.82, 2.24) is 20.3 Å². The lowest BCUT2D eigenvalue weighted by Gasteiger charge is -2.02. The van der Waals surface area contributed by atoms with Crippen LogP contribution < -0.4 is 5.32 Å². The van der Waals surface area contributed by atoms with Crippen LogP contribution in [-0.2, 0) is 6.54 Å². The van der Waals surface area contributed by atoms with Gasteiger partial charge in [0.05, 0.1) is 22.9 Å². The van der Waals surface area contributed by atoms with Crippen LogP contribution >= 0.6 is 0 Å². The summed E-state index contributed by atoms with van der Waals surface area (Å²) in [6, 6.07) is 3.36. The minimum atomic E-state index is -0.656. The lowest BCUT2D eigenvalue weighted by molar-refractivity contribution is -0.384. The van der Waals surface area contributed by atoms with Crippen LogP contribution in [0, 0.1) is 21.8 Å². The average Bonchev–Trinajstić information content (AvgIpc) is 3.16. The van der Waals surface area contributed by atoms with Gasteiger partial charge in [-0.25, -0.2) is 9.07 Å². The molecule has 0 atom stereocenters. The van der Waals surface area contributed by atoms with Crippen molar-refractivity contribution in [2.24, 2.45) is 5.92 Å². The van der Waals surface area contributed by atoms with Crippen LogP contribution in [0.2, 0.25) is 0 Å². The zero-order valence-electron chi connectivity index (χ0n) is 11.2. The predicted molar refractivity (Wildman–Crippen MR) is 72.4 cm³/mol. The summed E-state index contributed by atoms with van der Waals surface area (Å²) in [4.78, 5) is 10.3. The number of benzene rings is 1. The molecule has 1 aliphatic rings. The molecule has 1 aromatic carbocycles. The van der Waals surface area contributed by atoms with E-state index in [2.05, 4.69) is 15.6 Å². The smallest absolute Gasteiger partial charge is 0.297 e. The lowest BCUT2D eigenvalue weighted by Crippen LogP contribution is -2.16. The maximum atomic E-state index is 13.1. The van der Waals surface area contributed by atoms with Gasteiger partial charge in [-0.15, -0.1) is 5.10 Å². The molecule has 1 heterocycles. The van der Waals surface area contributed by atoms with E-state index < -0.39 is 10.7 Å². The second-order valence-electron chi connectivity index (χ2n) is 5.12. The molecule has 110 valence electrons. The summed E-state index contributed by atoms with van der Waals surface area (Å²) in [5.74, 6) is 0.107. The standard InChI is InChI=1S/C13H14FN5O2/c14-10-3-4-12(13(5-10)19(20)21)18-8-11(16-17-18)7-15-6-9-1-2-9/h3-5,8-9,15H,1-2,6-7H2. The molecule has 1 saturated carbocycles. The Hall–Kier alpha value is -2.35. The number of hydrogen-bond acceptors (Lipinski definition) is 5. The highest BCUT2D eigenvalue weighted by molar-refractivity contribution is 5.51. The fourth-order valence-electron chi connectivity index (χ4n) is 2.06. The van der Waals surface area contributed by atoms with Gasteiger partial charge in [-0.1, -0.05) is 5.21 Å². The number of nitro groups is 1. The van der Waals surface area contributed by atoms with Gasteiger partial charge in [-0.2, -0.15) is 0 Å². The highest BCUT2D eigenvalue weighted by Crippen LogP contribution is 2.27. The van der Waals surface area contributed by atoms with E-state index in [4.69, 9.17) is 0 Å². The first-order valence-corrected chi connectivity index (χ1v) is 6.70. The molecule has 0 unspecified atom stereocenters. The molecule has 0 radical (unpaired) electrons. The highest BCUT2D eigenvalue weighted by atomic mass is 19.1. The molecule has 2 aromatic rings. The monoisotopic (exact) mass is 291 g/mol. The summed E-state index contributed by atoms with van der Waals surface area (Å²) in [5, 5.41) is 22.1. The van der Waals surface area contributed by atoms with Gasteiger partial charge < -0.3 is 5.32 Å². The topological polar surface area (TPSA) is 85.9 Å². The van der Waals surface area contributed by atoms with Crippen LogP contribution in [0.25, 0.3) is 5.69 Å². The first kappa shape index (κ1) is 13.6. The maximum Gasteiger partial charge on any atom is 0.297 e. The maximum absolute atomic E-state index is 13.1. The van der Waals surface area contributed by atoms with Crippen molar-refractivity contribution >= 4 is 5.69 Å². The van der Waals surface area contributed by atoms with Crippen LogP contribution in [0.5, 0.6) is 0 Å². The van der Waals surface area contributed by atoms with E-state index >= 15 is 0 Å². The number of nitro benzene ring substituents is 1. The van der Waals surface area contributed by atoms with E-state index in [0.29, 0.717) is 12.2 Å². The van der Waals surface area contributed by atoms with Gasteiger partial charge in [0.15, 0.2) is 0 Å². The molecule has 1 fully saturated rings. The highest BCUT2D eigenvalue weighted by Gasteiger charge is 2.21. The Morgan fingerprint density at radius 1 is 1.48 bits per heavy atom. The summed E-state index contributed by atoms with van der Waals surface area (Å²) in [5.41, 5.74) is 0.550. The number of halogens is 1. The van der Waals surface area contributed by atoms with Crippen molar-refractivity contribution in [3.05, 3.63) is 46.0 Å². The first-order valence-electron chi connectivity index (χ1n) is 6.70. The Bertz CT molecular complexity index is 668. The van der Waals surface area contributed by atoms with E-state index in [1.165, 1.54) is 23.6 Å². The van der Waals surface area contributed by atoms with Crippen molar-refractivity contribution in [1.29, 1.82) is 0 Å². The molecule has 1 aliphatic carbocycles. The zero-order chi connectivity index (χ0) is 14.8. The molecule has 0 bridgehead atoms. The molecule has 0 saturated heterocycles. The molecule has 7 nitrogen and oxygen atoms in total. The predicted octanol–water partition coefficient (Wildman–Crippen LogP) is 1.81. The molecule has 1 N–H and O–H groups in total. The van der Waals surface area contributed by atoms with Gasteiger partial charge in [0.1, 0.15) is 11.5 Å². The first-order chi connectivity index (χ1) is 10.1. The SMILES string of the molecule is O=[N+]([O-])c1cc(F)ccc1-n1cc(CNCC2CC2)nn1. The number of nitrogens with one attached hydrogen (secondary N) is 1. The van der Waals surface area contributed by atoms with Crippen molar-refractivity contribution < 1.29 is 9.31 Å². The molecule has 21 heavy (non-hydrogen) atoms. The molecule has 0 aliphatic heterocycles. The van der Waals surface area contributed by atoms with Crippen LogP contribution in [0.3, 0.4) is 0 Å². The lowest BCUT2D eigenvalue weighted by atomic mass is 10.2. The summed E-state index contributed by atoms with van der Waals surface area (Å²) in [6.45, 7) is 1.51. The minimum Gasteiger partial charge on any atom is -0.311 e. The third-order valence-corrected chi connectivity index (χ3v) is 3.36. The Morgan fingerprint density at radius 2 is 2.29 bits per heavy atom. The van der Waals surface area contributed by atoms with Gasteiger partial charge in [-0.3, -0.25) is 10.1 Å². The van der Waals surface area contributed by atoms with Crippen molar-refractivity contribution in [2.45, 2.75) is 19.4 Å². The summed E-state index contributed by atoms with van der Waals surface area (Å²) < 4.78 is 14.4. The Labute approximate surface area is 119 Å². The summed E-state index contributed by atoms with van der Waals surface area (Å²) in [6.07, 6.45) is 4.14. The molecular weight excluding hydrogens is 277 g/mol. The van der Waals surface area contributed by atoms with Crippen LogP contribution in [0.15, 0.2) is 24.4 Å². The average molecular weight is 291 g/mol. The summed E-state index contributed by atoms with van der Waals surface area (Å²) >= 11 is 0. The van der Waals surface area contributed by atoms with Gasteiger partial charge in [-0.05, 0) is 37.4 Å². The molecule has 0 spiro atoms. The fourth-order valence-corrected chi connectivity index (χ4v) is 2.06. The summed E-state index contributed by atoms with van der Waals surface area (Å²) in [7, 11) is 0. The quantitative estimate of drug-likeness (QED) is 0.648. The Kier molecular flexibility index (Phi) is 3.61. The molecular formula is C13H14FN5O2. The van der Waals surface area contributed by atoms with E-state index in [0.717, 1.165) is 24.6 Å². The number of aromatic nitrogens is 3. The van der Waals surface area contributed by atoms with E-state index in [1.54, 1.807) is 6.20 Å². The van der Waals surface area contributed by atoms with Gasteiger partial charge in [0.25, 0.3) is 5.69 Å². The van der Waals surface area contributed by atoms with Crippen molar-refractivity contribution in [3.8, 4) is 5.69 Å². The molecule has 3 rings (SSSR count). The third kappa shape index (κ3) is 3.22. The molecule has 0 amide bonds. The van der Waals surface area contributed by atoms with Crippen LogP contribution in [0.4, 0.5) is 10.1 Å². The van der Waals surface area contributed by atoms with Crippen LogP contribution in [0.1, 0.15) is 18.5 Å². The van der Waals surface area contributed by atoms with E-state index in [9.17, 15) is 14.5 Å². The number of rotatable bonds is 6. The normalized spacial score (nSPS) is 14.3. The van der Waals surface area contributed by atoms with Crippen molar-refractivity contribution in [3.63, 3.8) is 0 Å². The number of nitrogens with zero attached hydrogens (tertiary/aromatic N) is 4. The van der Waals surface area contributed by atoms with E-state index in [1.807, 2.05) is 0 Å². The Balaban J connectivity index is 1.77. The Morgan fingerprint density at radius 3 is 3.00 bits per heavy atom. The molecule has 8 heteroatoms. The largest absolute Gasteiger partial charge is 0.311 e. The van der Waals surface area contributed by atoms with Crippen molar-refractivity contribution in [2.75, 3.05) is 6.54 Å². The van der Waals surface area contributed by atoms with Gasteiger partial charge >= 0.3 is 0 Å². The van der Waals surface area contributed by atoms with Gasteiger partial charge in [0.2, 0.25) is 0 Å². The second-order valence-corrected chi connectivity index (χ2v) is 5.12. The van der Waals surface area contributed by atoms with E-state index in [-0.39, 0.29) is 11.4 Å². The minimum absolute atomic E-state index is 0.197.